The van der Waals surface area contributed by atoms with E-state index in [1.807, 2.05) is 20.8 Å². The lowest BCUT2D eigenvalue weighted by Gasteiger charge is -2.35. The maximum atomic E-state index is 12.3. The van der Waals surface area contributed by atoms with Crippen molar-refractivity contribution in [3.8, 4) is 0 Å². The highest BCUT2D eigenvalue weighted by molar-refractivity contribution is 5.79. The molecule has 0 spiro atoms. The number of alkyl carbamates (subject to hydrolysis) is 1. The number of aliphatic imine (C=N–C) groups is 1. The zero-order valence-electron chi connectivity index (χ0n) is 19.7. The van der Waals surface area contributed by atoms with Crippen molar-refractivity contribution in [2.75, 3.05) is 59.4 Å². The molecular weight excluding hydrogens is 368 g/mol. The van der Waals surface area contributed by atoms with Crippen LogP contribution in [0.25, 0.3) is 0 Å². The van der Waals surface area contributed by atoms with E-state index in [1.54, 1.807) is 7.05 Å². The molecule has 3 N–H and O–H groups in total. The highest BCUT2D eigenvalue weighted by Gasteiger charge is 2.30. The van der Waals surface area contributed by atoms with Crippen LogP contribution in [0.15, 0.2) is 4.99 Å². The second kappa shape index (κ2) is 12.2. The Kier molecular flexibility index (Phi) is 10.7. The van der Waals surface area contributed by atoms with E-state index in [0.29, 0.717) is 6.54 Å². The molecule has 0 aliphatic carbocycles. The number of piperazine rings is 1. The van der Waals surface area contributed by atoms with Gasteiger partial charge < -0.3 is 25.6 Å². The van der Waals surface area contributed by atoms with Gasteiger partial charge in [0.15, 0.2) is 5.96 Å². The van der Waals surface area contributed by atoms with Crippen molar-refractivity contribution in [2.24, 2.45) is 4.99 Å². The molecule has 1 saturated heterocycles. The summed E-state index contributed by atoms with van der Waals surface area (Å²) in [6.45, 7) is 20.1. The molecule has 1 fully saturated rings. The maximum Gasteiger partial charge on any atom is 0.408 e. The molecule has 1 amide bonds. The van der Waals surface area contributed by atoms with Gasteiger partial charge in [0.05, 0.1) is 5.54 Å². The van der Waals surface area contributed by atoms with E-state index in [9.17, 15) is 4.79 Å². The molecule has 1 rings (SSSR count). The Hall–Kier alpha value is -1.54. The number of guanidine groups is 1. The topological polar surface area (TPSA) is 81.2 Å². The Morgan fingerprint density at radius 2 is 1.59 bits per heavy atom. The lowest BCUT2D eigenvalue weighted by atomic mass is 9.93. The average molecular weight is 413 g/mol. The number of carbonyl (C=O) groups excluding carboxylic acids is 1. The fourth-order valence-electron chi connectivity index (χ4n) is 3.38. The number of likely N-dealkylation sites (N-methyl/N-ethyl adjacent to an activating group) is 1. The normalized spacial score (nSPS) is 17.1. The third-order valence-corrected chi connectivity index (χ3v) is 5.57. The predicted octanol–water partition coefficient (Wildman–Crippen LogP) is 1.87. The van der Waals surface area contributed by atoms with Crippen LogP contribution < -0.4 is 16.0 Å². The molecule has 0 radical (unpaired) electrons. The molecule has 0 saturated carbocycles. The number of hydrogen-bond acceptors (Lipinski definition) is 5. The molecule has 0 aromatic heterocycles. The minimum atomic E-state index is -0.509. The van der Waals surface area contributed by atoms with Gasteiger partial charge in [-0.15, -0.1) is 0 Å². The van der Waals surface area contributed by atoms with Gasteiger partial charge in [0.25, 0.3) is 0 Å². The summed E-state index contributed by atoms with van der Waals surface area (Å²) >= 11 is 0. The van der Waals surface area contributed by atoms with Crippen molar-refractivity contribution >= 4 is 12.1 Å². The van der Waals surface area contributed by atoms with Gasteiger partial charge in [-0.1, -0.05) is 20.8 Å². The molecule has 0 aromatic carbocycles. The number of carbonyl (C=O) groups is 1. The van der Waals surface area contributed by atoms with Crippen LogP contribution >= 0.6 is 0 Å². The molecule has 29 heavy (non-hydrogen) atoms. The zero-order chi connectivity index (χ0) is 21.9. The van der Waals surface area contributed by atoms with Crippen LogP contribution in [-0.2, 0) is 4.74 Å². The van der Waals surface area contributed by atoms with Gasteiger partial charge >= 0.3 is 6.09 Å². The third kappa shape index (κ3) is 9.67. The van der Waals surface area contributed by atoms with Gasteiger partial charge in [0, 0.05) is 52.9 Å². The van der Waals surface area contributed by atoms with E-state index in [4.69, 9.17) is 4.74 Å². The van der Waals surface area contributed by atoms with E-state index in [1.165, 1.54) is 0 Å². The standard InChI is InChI=1S/C21H44N6O2/c1-8-21(9-2,25-19(28)29-20(4,5)6)17-24-18(22-7)23-11-12-27-15-13-26(10-3)14-16-27/h8-17H2,1-7H3,(H,25,28)(H2,22,23,24). The van der Waals surface area contributed by atoms with E-state index in [2.05, 4.69) is 51.5 Å². The number of nitrogens with one attached hydrogen (secondary N) is 3. The Morgan fingerprint density at radius 3 is 2.07 bits per heavy atom. The number of rotatable bonds is 9. The third-order valence-electron chi connectivity index (χ3n) is 5.57. The van der Waals surface area contributed by atoms with Gasteiger partial charge in [0.2, 0.25) is 0 Å². The van der Waals surface area contributed by atoms with Crippen molar-refractivity contribution in [3.05, 3.63) is 0 Å². The second-order valence-electron chi connectivity index (χ2n) is 8.74. The van der Waals surface area contributed by atoms with Crippen LogP contribution in [0, 0.1) is 0 Å². The zero-order valence-corrected chi connectivity index (χ0v) is 19.7. The molecule has 0 unspecified atom stereocenters. The average Bonchev–Trinajstić information content (AvgIpc) is 2.68. The van der Waals surface area contributed by atoms with Crippen LogP contribution in [-0.4, -0.2) is 92.4 Å². The van der Waals surface area contributed by atoms with Crippen molar-refractivity contribution in [3.63, 3.8) is 0 Å². The summed E-state index contributed by atoms with van der Waals surface area (Å²) in [5.74, 6) is 0.759. The highest BCUT2D eigenvalue weighted by atomic mass is 16.6. The van der Waals surface area contributed by atoms with Gasteiger partial charge in [0.1, 0.15) is 5.60 Å². The Labute approximate surface area is 177 Å². The number of hydrogen-bond donors (Lipinski definition) is 3. The first-order valence-electron chi connectivity index (χ1n) is 11.1. The van der Waals surface area contributed by atoms with Crippen molar-refractivity contribution in [2.45, 2.75) is 65.5 Å². The summed E-state index contributed by atoms with van der Waals surface area (Å²) < 4.78 is 5.45. The fourth-order valence-corrected chi connectivity index (χ4v) is 3.38. The number of amides is 1. The summed E-state index contributed by atoms with van der Waals surface area (Å²) in [6, 6.07) is 0. The minimum absolute atomic E-state index is 0.378. The summed E-state index contributed by atoms with van der Waals surface area (Å²) in [5, 5.41) is 9.83. The van der Waals surface area contributed by atoms with Gasteiger partial charge in [-0.2, -0.15) is 0 Å². The smallest absolute Gasteiger partial charge is 0.408 e. The molecule has 0 atom stereocenters. The molecule has 170 valence electrons. The van der Waals surface area contributed by atoms with E-state index in [0.717, 1.165) is 64.6 Å². The largest absolute Gasteiger partial charge is 0.444 e. The minimum Gasteiger partial charge on any atom is -0.444 e. The monoisotopic (exact) mass is 412 g/mol. The SMILES string of the molecule is CCN1CCN(CCNC(=NC)NCC(CC)(CC)NC(=O)OC(C)(C)C)CC1. The maximum absolute atomic E-state index is 12.3. The molecule has 0 aromatic rings. The van der Waals surface area contributed by atoms with Crippen molar-refractivity contribution in [1.29, 1.82) is 0 Å². The quantitative estimate of drug-likeness (QED) is 0.396. The fraction of sp³-hybridized carbons (Fsp3) is 0.905. The van der Waals surface area contributed by atoms with Crippen LogP contribution in [0.1, 0.15) is 54.4 Å². The van der Waals surface area contributed by atoms with Gasteiger partial charge in [-0.25, -0.2) is 4.79 Å². The summed E-state index contributed by atoms with van der Waals surface area (Å²) in [4.78, 5) is 21.6. The number of nitrogens with zero attached hydrogens (tertiary/aromatic N) is 3. The lowest BCUT2D eigenvalue weighted by molar-refractivity contribution is 0.0448. The molecule has 1 aliphatic rings. The molecule has 0 bridgehead atoms. The first kappa shape index (κ1) is 25.5. The lowest BCUT2D eigenvalue weighted by Crippen LogP contribution is -2.57. The first-order chi connectivity index (χ1) is 13.7. The predicted molar refractivity (Wildman–Crippen MR) is 121 cm³/mol. The van der Waals surface area contributed by atoms with Crippen molar-refractivity contribution in [1.82, 2.24) is 25.8 Å². The molecule has 8 nitrogen and oxygen atoms in total. The van der Waals surface area contributed by atoms with E-state index >= 15 is 0 Å². The van der Waals surface area contributed by atoms with Gasteiger partial charge in [-0.05, 0) is 40.2 Å². The van der Waals surface area contributed by atoms with Crippen LogP contribution in [0.2, 0.25) is 0 Å². The summed E-state index contributed by atoms with van der Waals surface area (Å²) in [6.07, 6.45) is 1.22. The molecular formula is C21H44N6O2. The van der Waals surface area contributed by atoms with Gasteiger partial charge in [-0.3, -0.25) is 9.89 Å². The molecule has 1 aliphatic heterocycles. The summed E-state index contributed by atoms with van der Waals surface area (Å²) in [5.41, 5.74) is -0.888. The number of ether oxygens (including phenoxy) is 1. The Morgan fingerprint density at radius 1 is 1.00 bits per heavy atom. The van der Waals surface area contributed by atoms with Crippen LogP contribution in [0.5, 0.6) is 0 Å². The van der Waals surface area contributed by atoms with Crippen molar-refractivity contribution < 1.29 is 9.53 Å². The highest BCUT2D eigenvalue weighted by Crippen LogP contribution is 2.16. The molecule has 1 heterocycles. The van der Waals surface area contributed by atoms with E-state index < -0.39 is 5.60 Å². The second-order valence-corrected chi connectivity index (χ2v) is 8.74. The first-order valence-corrected chi connectivity index (χ1v) is 11.1. The Balaban J connectivity index is 2.45. The Bertz CT molecular complexity index is 506. The summed E-state index contributed by atoms with van der Waals surface area (Å²) in [7, 11) is 1.77. The van der Waals surface area contributed by atoms with Crippen LogP contribution in [0.4, 0.5) is 4.79 Å². The van der Waals surface area contributed by atoms with Crippen LogP contribution in [0.3, 0.4) is 0 Å². The molecule has 8 heteroatoms. The van der Waals surface area contributed by atoms with E-state index in [-0.39, 0.29) is 11.6 Å².